The number of nitrogen functional groups attached to an aromatic ring is 1. The molecule has 0 fully saturated rings. The van der Waals surface area contributed by atoms with Crippen molar-refractivity contribution in [2.45, 2.75) is 39.8 Å². The average Bonchev–Trinajstić information content (AvgIpc) is 2.67. The summed E-state index contributed by atoms with van der Waals surface area (Å²) in [5.74, 6) is 4.88. The molecule has 6 heteroatoms. The van der Waals surface area contributed by atoms with Crippen LogP contribution in [0.15, 0.2) is 6.07 Å². The molecule has 0 radical (unpaired) electrons. The molecule has 1 amide bonds. The molecule has 1 rings (SSSR count). The topological polar surface area (TPSA) is 78.6 Å². The lowest BCUT2D eigenvalue weighted by Crippen LogP contribution is -2.38. The molecule has 5 nitrogen and oxygen atoms in total. The second-order valence-corrected chi connectivity index (χ2v) is 6.54. The van der Waals surface area contributed by atoms with Gasteiger partial charge in [0.1, 0.15) is 0 Å². The molecule has 4 N–H and O–H groups in total. The van der Waals surface area contributed by atoms with E-state index in [1.165, 1.54) is 11.3 Å². The van der Waals surface area contributed by atoms with Crippen molar-refractivity contribution in [2.75, 3.05) is 13.1 Å². The van der Waals surface area contributed by atoms with E-state index in [4.69, 9.17) is 5.84 Å². The summed E-state index contributed by atoms with van der Waals surface area (Å²) in [4.78, 5) is 15.4. The van der Waals surface area contributed by atoms with Gasteiger partial charge in [-0.3, -0.25) is 15.1 Å². The van der Waals surface area contributed by atoms with Gasteiger partial charge in [0.25, 0.3) is 5.91 Å². The zero-order chi connectivity index (χ0) is 14.6. The van der Waals surface area contributed by atoms with Gasteiger partial charge in [-0.1, -0.05) is 6.92 Å². The van der Waals surface area contributed by atoms with Crippen molar-refractivity contribution in [3.63, 3.8) is 0 Å². The van der Waals surface area contributed by atoms with Crippen molar-refractivity contribution in [1.82, 2.24) is 10.3 Å². The van der Waals surface area contributed by atoms with Gasteiger partial charge in [-0.25, -0.2) is 5.84 Å². The van der Waals surface area contributed by atoms with Crippen LogP contribution < -0.4 is 11.3 Å². The second-order valence-electron chi connectivity index (χ2n) is 5.28. The first-order chi connectivity index (χ1) is 8.76. The molecule has 0 aliphatic carbocycles. The lowest BCUT2D eigenvalue weighted by atomic mass is 10.1. The Hall–Kier alpha value is -0.950. The Labute approximate surface area is 118 Å². The fourth-order valence-corrected chi connectivity index (χ4v) is 2.86. The summed E-state index contributed by atoms with van der Waals surface area (Å²) in [7, 11) is 0. The standard InChI is InChI=1S/C13H23N3O2S/c1-5-16(8-13(3,4)18)7-10-6-11(12(17)15-14)19-9(10)2/h6,18H,5,7-8,14H2,1-4H3,(H,15,17). The molecule has 1 heterocycles. The predicted octanol–water partition coefficient (Wildman–Crippen LogP) is 1.25. The number of nitrogens with one attached hydrogen (secondary N) is 1. The first-order valence-electron chi connectivity index (χ1n) is 6.31. The highest BCUT2D eigenvalue weighted by molar-refractivity contribution is 7.14. The smallest absolute Gasteiger partial charge is 0.275 e. The van der Waals surface area contributed by atoms with E-state index in [1.54, 1.807) is 13.8 Å². The average molecular weight is 285 g/mol. The molecule has 1 aromatic rings. The van der Waals surface area contributed by atoms with Gasteiger partial charge in [-0.05, 0) is 38.9 Å². The quantitative estimate of drug-likeness (QED) is 0.417. The van der Waals surface area contributed by atoms with Crippen molar-refractivity contribution >= 4 is 17.2 Å². The van der Waals surface area contributed by atoms with Crippen molar-refractivity contribution in [3.05, 3.63) is 21.4 Å². The summed E-state index contributed by atoms with van der Waals surface area (Å²) in [5, 5.41) is 9.88. The predicted molar refractivity (Wildman–Crippen MR) is 78.0 cm³/mol. The highest BCUT2D eigenvalue weighted by atomic mass is 32.1. The first-order valence-corrected chi connectivity index (χ1v) is 7.13. The number of nitrogens with zero attached hydrogens (tertiary/aromatic N) is 1. The molecular weight excluding hydrogens is 262 g/mol. The molecule has 1 aromatic heterocycles. The number of carbonyl (C=O) groups excluding carboxylic acids is 1. The van der Waals surface area contributed by atoms with E-state index in [0.717, 1.165) is 23.5 Å². The molecular formula is C13H23N3O2S. The van der Waals surface area contributed by atoms with Crippen LogP contribution in [-0.2, 0) is 6.54 Å². The molecule has 0 aliphatic rings. The summed E-state index contributed by atoms with van der Waals surface area (Å²) in [6, 6.07) is 1.87. The van der Waals surface area contributed by atoms with Gasteiger partial charge in [-0.2, -0.15) is 0 Å². The lowest BCUT2D eigenvalue weighted by molar-refractivity contribution is 0.0353. The number of aliphatic hydroxyl groups is 1. The third-order valence-electron chi connectivity index (χ3n) is 2.83. The van der Waals surface area contributed by atoms with E-state index < -0.39 is 5.60 Å². The van der Waals surface area contributed by atoms with Crippen molar-refractivity contribution in [1.29, 1.82) is 0 Å². The van der Waals surface area contributed by atoms with Crippen LogP contribution in [0.3, 0.4) is 0 Å². The number of amides is 1. The normalized spacial score (nSPS) is 11.9. The van der Waals surface area contributed by atoms with E-state index in [1.807, 2.05) is 13.0 Å². The third kappa shape index (κ3) is 4.91. The third-order valence-corrected chi connectivity index (χ3v) is 3.92. The number of likely N-dealkylation sites (N-methyl/N-ethyl adjacent to an activating group) is 1. The van der Waals surface area contributed by atoms with Gasteiger partial charge in [0.15, 0.2) is 0 Å². The molecule has 0 atom stereocenters. The van der Waals surface area contributed by atoms with E-state index in [9.17, 15) is 9.90 Å². The Bertz CT molecular complexity index is 438. The molecule has 0 aliphatic heterocycles. The minimum atomic E-state index is -0.725. The van der Waals surface area contributed by atoms with Crippen LogP contribution in [0, 0.1) is 6.92 Å². The van der Waals surface area contributed by atoms with Crippen LogP contribution in [0.5, 0.6) is 0 Å². The second kappa shape index (κ2) is 6.47. The number of hydrogen-bond acceptors (Lipinski definition) is 5. The molecule has 0 unspecified atom stereocenters. The van der Waals surface area contributed by atoms with Gasteiger partial charge in [0, 0.05) is 18.0 Å². The van der Waals surface area contributed by atoms with E-state index >= 15 is 0 Å². The summed E-state index contributed by atoms with van der Waals surface area (Å²) in [5.41, 5.74) is 2.53. The number of hydrazine groups is 1. The minimum Gasteiger partial charge on any atom is -0.389 e. The van der Waals surface area contributed by atoms with Crippen LogP contribution >= 0.6 is 11.3 Å². The Morgan fingerprint density at radius 1 is 1.58 bits per heavy atom. The Kier molecular flexibility index (Phi) is 5.49. The highest BCUT2D eigenvalue weighted by Gasteiger charge is 2.19. The molecule has 0 bridgehead atoms. The number of carbonyl (C=O) groups is 1. The number of rotatable bonds is 6. The Morgan fingerprint density at radius 3 is 2.68 bits per heavy atom. The van der Waals surface area contributed by atoms with E-state index in [2.05, 4.69) is 17.2 Å². The van der Waals surface area contributed by atoms with Crippen LogP contribution in [-0.4, -0.2) is 34.6 Å². The van der Waals surface area contributed by atoms with Gasteiger partial charge in [0.05, 0.1) is 10.5 Å². The maximum atomic E-state index is 11.5. The zero-order valence-electron chi connectivity index (χ0n) is 12.0. The summed E-state index contributed by atoms with van der Waals surface area (Å²) in [6.07, 6.45) is 0. The minimum absolute atomic E-state index is 0.259. The maximum Gasteiger partial charge on any atom is 0.275 e. The first kappa shape index (κ1) is 16.1. The van der Waals surface area contributed by atoms with Crippen molar-refractivity contribution in [3.8, 4) is 0 Å². The zero-order valence-corrected chi connectivity index (χ0v) is 12.8. The van der Waals surface area contributed by atoms with Crippen LogP contribution in [0.2, 0.25) is 0 Å². The van der Waals surface area contributed by atoms with Gasteiger partial charge in [-0.15, -0.1) is 11.3 Å². The van der Waals surface area contributed by atoms with Crippen LogP contribution in [0.1, 0.15) is 40.9 Å². The number of aryl methyl sites for hydroxylation is 1. The summed E-state index contributed by atoms with van der Waals surface area (Å²) < 4.78 is 0. The summed E-state index contributed by atoms with van der Waals surface area (Å²) >= 11 is 1.44. The van der Waals surface area contributed by atoms with Gasteiger partial charge in [0.2, 0.25) is 0 Å². The molecule has 0 saturated heterocycles. The van der Waals surface area contributed by atoms with Crippen molar-refractivity contribution < 1.29 is 9.90 Å². The van der Waals surface area contributed by atoms with Crippen LogP contribution in [0.4, 0.5) is 0 Å². The largest absolute Gasteiger partial charge is 0.389 e. The van der Waals surface area contributed by atoms with Crippen molar-refractivity contribution in [2.24, 2.45) is 5.84 Å². The van der Waals surface area contributed by atoms with Crippen LogP contribution in [0.25, 0.3) is 0 Å². The maximum absolute atomic E-state index is 11.5. The van der Waals surface area contributed by atoms with E-state index in [-0.39, 0.29) is 5.91 Å². The van der Waals surface area contributed by atoms with E-state index in [0.29, 0.717) is 11.4 Å². The lowest BCUT2D eigenvalue weighted by Gasteiger charge is -2.27. The molecule has 0 saturated carbocycles. The monoisotopic (exact) mass is 285 g/mol. The number of hydrogen-bond donors (Lipinski definition) is 3. The Balaban J connectivity index is 2.80. The van der Waals surface area contributed by atoms with Gasteiger partial charge < -0.3 is 5.11 Å². The number of thiophene rings is 1. The fourth-order valence-electron chi connectivity index (χ4n) is 1.93. The summed E-state index contributed by atoms with van der Waals surface area (Å²) in [6.45, 7) is 9.80. The molecule has 108 valence electrons. The fraction of sp³-hybridized carbons (Fsp3) is 0.615. The highest BCUT2D eigenvalue weighted by Crippen LogP contribution is 2.23. The molecule has 0 aromatic carbocycles. The SMILES string of the molecule is CCN(Cc1cc(C(=O)NN)sc1C)CC(C)(C)O. The Morgan fingerprint density at radius 2 is 2.21 bits per heavy atom. The molecule has 0 spiro atoms. The van der Waals surface area contributed by atoms with Gasteiger partial charge >= 0.3 is 0 Å². The number of nitrogens with two attached hydrogens (primary N) is 1. The molecule has 19 heavy (non-hydrogen) atoms.